The first-order chi connectivity index (χ1) is 6.09. The highest BCUT2D eigenvalue weighted by atomic mass is 16.6. The van der Waals surface area contributed by atoms with Crippen molar-refractivity contribution in [2.24, 2.45) is 0 Å². The molecule has 1 saturated heterocycles. The van der Waals surface area contributed by atoms with Crippen LogP contribution in [0.4, 0.5) is 0 Å². The van der Waals surface area contributed by atoms with E-state index >= 15 is 0 Å². The van der Waals surface area contributed by atoms with Gasteiger partial charge in [0.1, 0.15) is 12.2 Å². The third kappa shape index (κ3) is 1.36. The fourth-order valence-corrected chi connectivity index (χ4v) is 1.39. The molecule has 2 N–H and O–H groups in total. The van der Waals surface area contributed by atoms with Crippen molar-refractivity contribution in [3.63, 3.8) is 0 Å². The van der Waals surface area contributed by atoms with Crippen LogP contribution >= 0.6 is 0 Å². The summed E-state index contributed by atoms with van der Waals surface area (Å²) >= 11 is 0. The van der Waals surface area contributed by atoms with Crippen molar-refractivity contribution in [3.05, 3.63) is 11.8 Å². The van der Waals surface area contributed by atoms with Gasteiger partial charge in [0.05, 0.1) is 5.70 Å². The number of ether oxygens (including phenoxy) is 1. The van der Waals surface area contributed by atoms with E-state index in [1.807, 2.05) is 0 Å². The summed E-state index contributed by atoms with van der Waals surface area (Å²) in [6.07, 6.45) is -0.422. The summed E-state index contributed by atoms with van der Waals surface area (Å²) in [4.78, 5) is 22.0. The van der Waals surface area contributed by atoms with Crippen molar-refractivity contribution in [1.82, 2.24) is 5.32 Å². The molecule has 2 rings (SSSR count). The Morgan fingerprint density at radius 1 is 1.69 bits per heavy atom. The third-order valence-electron chi connectivity index (χ3n) is 2.03. The van der Waals surface area contributed by atoms with Gasteiger partial charge in [0.2, 0.25) is 11.7 Å². The molecule has 0 radical (unpaired) electrons. The van der Waals surface area contributed by atoms with Crippen molar-refractivity contribution >= 4 is 11.7 Å². The van der Waals surface area contributed by atoms with Gasteiger partial charge in [-0.05, 0) is 6.08 Å². The number of epoxide rings is 1. The number of carbonyl (C=O) groups excluding carboxylic acids is 2. The van der Waals surface area contributed by atoms with Crippen LogP contribution < -0.4 is 5.32 Å². The lowest BCUT2D eigenvalue weighted by atomic mass is 10.0. The molecule has 0 aromatic rings. The van der Waals surface area contributed by atoms with Gasteiger partial charge in [-0.25, -0.2) is 0 Å². The van der Waals surface area contributed by atoms with Crippen molar-refractivity contribution < 1.29 is 19.4 Å². The van der Waals surface area contributed by atoms with Crippen molar-refractivity contribution in [3.8, 4) is 0 Å². The maximum atomic E-state index is 11.3. The summed E-state index contributed by atoms with van der Waals surface area (Å²) in [6.45, 7) is 1.31. The molecule has 1 heterocycles. The van der Waals surface area contributed by atoms with Gasteiger partial charge >= 0.3 is 0 Å². The highest BCUT2D eigenvalue weighted by Crippen LogP contribution is 2.32. The molecular weight excluding hydrogens is 174 g/mol. The zero-order valence-electron chi connectivity index (χ0n) is 6.98. The van der Waals surface area contributed by atoms with Crippen molar-refractivity contribution in [2.45, 2.75) is 25.2 Å². The van der Waals surface area contributed by atoms with Gasteiger partial charge in [-0.3, -0.25) is 9.59 Å². The molecule has 0 aromatic heterocycles. The smallest absolute Gasteiger partial charge is 0.221 e. The summed E-state index contributed by atoms with van der Waals surface area (Å²) < 4.78 is 4.91. The molecule has 1 amide bonds. The Hall–Kier alpha value is -1.20. The minimum Gasteiger partial charge on any atom is -0.386 e. The van der Waals surface area contributed by atoms with E-state index in [9.17, 15) is 14.7 Å². The lowest BCUT2D eigenvalue weighted by molar-refractivity contribution is -0.122. The topological polar surface area (TPSA) is 78.9 Å². The third-order valence-corrected chi connectivity index (χ3v) is 2.03. The van der Waals surface area contributed by atoms with Gasteiger partial charge in [0.15, 0.2) is 6.10 Å². The summed E-state index contributed by atoms with van der Waals surface area (Å²) in [6, 6.07) is 0. The van der Waals surface area contributed by atoms with E-state index in [1.54, 1.807) is 0 Å². The Balaban J connectivity index is 2.17. The molecule has 13 heavy (non-hydrogen) atoms. The van der Waals surface area contributed by atoms with Gasteiger partial charge in [-0.1, -0.05) is 0 Å². The molecule has 1 fully saturated rings. The summed E-state index contributed by atoms with van der Waals surface area (Å²) in [5.74, 6) is -0.587. The second-order valence-corrected chi connectivity index (χ2v) is 3.14. The molecule has 70 valence electrons. The highest BCUT2D eigenvalue weighted by molar-refractivity contribution is 6.04. The SMILES string of the molecule is CC(=O)NC1=C[C@@H](O)[C@H]2O[C@H]2C1=O. The molecule has 5 nitrogen and oxygen atoms in total. The Labute approximate surface area is 74.4 Å². The van der Waals surface area contributed by atoms with Gasteiger partial charge in [0, 0.05) is 6.92 Å². The molecule has 3 atom stereocenters. The van der Waals surface area contributed by atoms with E-state index < -0.39 is 18.3 Å². The van der Waals surface area contributed by atoms with Gasteiger partial charge in [-0.2, -0.15) is 0 Å². The molecule has 1 aliphatic carbocycles. The number of fused-ring (bicyclic) bond motifs is 1. The maximum absolute atomic E-state index is 11.3. The summed E-state index contributed by atoms with van der Waals surface area (Å²) in [5.41, 5.74) is 0.138. The highest BCUT2D eigenvalue weighted by Gasteiger charge is 2.53. The van der Waals surface area contributed by atoms with Crippen LogP contribution in [0, 0.1) is 0 Å². The van der Waals surface area contributed by atoms with Crippen LogP contribution in [0.25, 0.3) is 0 Å². The first kappa shape index (κ1) is 8.40. The fraction of sp³-hybridized carbons (Fsp3) is 0.500. The average molecular weight is 183 g/mol. The van der Waals surface area contributed by atoms with Crippen LogP contribution in [0.5, 0.6) is 0 Å². The first-order valence-corrected chi connectivity index (χ1v) is 3.97. The number of ketones is 1. The number of amides is 1. The van der Waals surface area contributed by atoms with E-state index in [4.69, 9.17) is 4.74 Å². The lowest BCUT2D eigenvalue weighted by Crippen LogP contribution is -2.34. The lowest BCUT2D eigenvalue weighted by Gasteiger charge is -2.12. The molecule has 0 spiro atoms. The average Bonchev–Trinajstić information content (AvgIpc) is 2.77. The van der Waals surface area contributed by atoms with Gasteiger partial charge < -0.3 is 15.2 Å². The predicted molar refractivity (Wildman–Crippen MR) is 41.6 cm³/mol. The summed E-state index contributed by atoms with van der Waals surface area (Å²) in [7, 11) is 0. The number of nitrogens with one attached hydrogen (secondary N) is 1. The summed E-state index contributed by atoms with van der Waals surface area (Å²) in [5, 5.41) is 11.7. The van der Waals surface area contributed by atoms with Crippen LogP contribution in [-0.2, 0) is 14.3 Å². The van der Waals surface area contributed by atoms with Gasteiger partial charge in [0.25, 0.3) is 0 Å². The van der Waals surface area contributed by atoms with E-state index in [-0.39, 0.29) is 17.4 Å². The van der Waals surface area contributed by atoms with Crippen molar-refractivity contribution in [2.75, 3.05) is 0 Å². The number of hydrogen-bond acceptors (Lipinski definition) is 4. The molecule has 0 unspecified atom stereocenters. The van der Waals surface area contributed by atoms with Crippen LogP contribution in [0.1, 0.15) is 6.92 Å². The van der Waals surface area contributed by atoms with E-state index in [1.165, 1.54) is 13.0 Å². The molecule has 0 bridgehead atoms. The number of aliphatic hydroxyl groups is 1. The second-order valence-electron chi connectivity index (χ2n) is 3.14. The predicted octanol–water partition coefficient (Wildman–Crippen LogP) is -1.28. The van der Waals surface area contributed by atoms with E-state index in [0.717, 1.165) is 0 Å². The number of aliphatic hydroxyl groups excluding tert-OH is 1. The minimum absolute atomic E-state index is 0.138. The van der Waals surface area contributed by atoms with Gasteiger partial charge in [-0.15, -0.1) is 0 Å². The number of carbonyl (C=O) groups is 2. The quantitative estimate of drug-likeness (QED) is 0.496. The zero-order valence-corrected chi connectivity index (χ0v) is 6.98. The second kappa shape index (κ2) is 2.65. The molecule has 1 aliphatic heterocycles. The minimum atomic E-state index is -0.787. The number of hydrogen-bond donors (Lipinski definition) is 2. The monoisotopic (exact) mass is 183 g/mol. The largest absolute Gasteiger partial charge is 0.386 e. The maximum Gasteiger partial charge on any atom is 0.221 e. The van der Waals surface area contributed by atoms with E-state index in [2.05, 4.69) is 5.32 Å². The zero-order chi connectivity index (χ0) is 9.59. The molecule has 2 aliphatic rings. The Bertz CT molecular complexity index is 309. The molecular formula is C8H9NO4. The Morgan fingerprint density at radius 2 is 2.38 bits per heavy atom. The standard InChI is InChI=1S/C8H9NO4/c1-3(10)9-4-2-5(11)7-8(13-7)6(4)12/h2,5,7-8,11H,1H3,(H,9,10)/t5-,7-,8+/m1/s1. The molecule has 0 saturated carbocycles. The van der Waals surface area contributed by atoms with Crippen LogP contribution in [0.3, 0.4) is 0 Å². The van der Waals surface area contributed by atoms with Crippen LogP contribution in [-0.4, -0.2) is 35.1 Å². The molecule has 0 aromatic carbocycles. The number of rotatable bonds is 1. The van der Waals surface area contributed by atoms with Crippen molar-refractivity contribution in [1.29, 1.82) is 0 Å². The fourth-order valence-electron chi connectivity index (χ4n) is 1.39. The first-order valence-electron chi connectivity index (χ1n) is 3.97. The normalized spacial score (nSPS) is 36.3. The number of Topliss-reactive ketones (excluding diaryl/α,β-unsaturated/α-hetero) is 1. The Kier molecular flexibility index (Phi) is 1.71. The van der Waals surface area contributed by atoms with Crippen LogP contribution in [0.15, 0.2) is 11.8 Å². The van der Waals surface area contributed by atoms with E-state index in [0.29, 0.717) is 0 Å². The Morgan fingerprint density at radius 3 is 3.00 bits per heavy atom. The molecule has 5 heteroatoms. The van der Waals surface area contributed by atoms with Crippen LogP contribution in [0.2, 0.25) is 0 Å².